The molecule has 0 radical (unpaired) electrons. The highest BCUT2D eigenvalue weighted by molar-refractivity contribution is 7.86. The summed E-state index contributed by atoms with van der Waals surface area (Å²) in [6.07, 6.45) is 3.13. The van der Waals surface area contributed by atoms with Gasteiger partial charge in [-0.1, -0.05) is 41.9 Å². The van der Waals surface area contributed by atoms with E-state index in [0.717, 1.165) is 30.4 Å². The van der Waals surface area contributed by atoms with Crippen molar-refractivity contribution < 1.29 is 35.7 Å². The zero-order valence-electron chi connectivity index (χ0n) is 31.3. The van der Waals surface area contributed by atoms with Crippen molar-refractivity contribution in [2.75, 3.05) is 38.2 Å². The molecular weight excluding hydrogens is 766 g/mol. The molecule has 0 spiro atoms. The van der Waals surface area contributed by atoms with E-state index in [1.54, 1.807) is 18.3 Å². The summed E-state index contributed by atoms with van der Waals surface area (Å²) in [5, 5.41) is 2.40. The first-order valence-electron chi connectivity index (χ1n) is 18.5. The van der Waals surface area contributed by atoms with Crippen molar-refractivity contribution in [3.63, 3.8) is 0 Å². The number of halogens is 3. The lowest BCUT2D eigenvalue weighted by atomic mass is 10.0. The number of likely N-dealkylation sites (tertiary alicyclic amines) is 1. The summed E-state index contributed by atoms with van der Waals surface area (Å²) < 4.78 is 70.9. The Labute approximate surface area is 328 Å². The van der Waals surface area contributed by atoms with Gasteiger partial charge in [0, 0.05) is 54.3 Å². The van der Waals surface area contributed by atoms with Crippen LogP contribution in [0.4, 0.5) is 18.9 Å². The molecule has 3 aliphatic heterocycles. The van der Waals surface area contributed by atoms with Crippen LogP contribution < -0.4 is 14.4 Å². The van der Waals surface area contributed by atoms with Crippen LogP contribution in [0.3, 0.4) is 0 Å². The molecular formula is C40H41ClF2N6O6S. The number of nitrogens with zero attached hydrogens (tertiary/aromatic N) is 6. The minimum atomic E-state index is -4.82. The first kappa shape index (κ1) is 38.0. The van der Waals surface area contributed by atoms with Crippen LogP contribution in [0.2, 0.25) is 5.02 Å². The van der Waals surface area contributed by atoms with E-state index in [0.29, 0.717) is 59.0 Å². The standard InChI is InChI=1S/C40H41ClF2N6O6S/c1-40(2,3)55-39(50)49-24-11-12-25(49)20-48(19-24)37-31-18-44-35(30-9-5-7-23-8-6-10-32(41)33(23)30)34(42)36(31)45-38(46-37)53-22-26-17-28(21-47(26)4)54-27-13-15-29(16-14-27)56(43,51)52/h5-10,13-16,18,24-26,28H,11-12,17,19-22H2,1-4H3/t24?,25?,26-,28+/m0/s1. The normalized spacial score (nSPS) is 21.6. The third kappa shape index (κ3) is 7.51. The van der Waals surface area contributed by atoms with Gasteiger partial charge in [0.05, 0.1) is 22.4 Å². The van der Waals surface area contributed by atoms with Gasteiger partial charge in [0.15, 0.2) is 5.82 Å². The zero-order chi connectivity index (χ0) is 39.5. The summed E-state index contributed by atoms with van der Waals surface area (Å²) >= 11 is 6.64. The van der Waals surface area contributed by atoms with Gasteiger partial charge >= 0.3 is 22.3 Å². The van der Waals surface area contributed by atoms with Gasteiger partial charge in [-0.2, -0.15) is 18.4 Å². The third-order valence-electron chi connectivity index (χ3n) is 10.6. The molecule has 3 fully saturated rings. The zero-order valence-corrected chi connectivity index (χ0v) is 32.9. The van der Waals surface area contributed by atoms with E-state index in [1.165, 1.54) is 12.1 Å². The van der Waals surface area contributed by atoms with Crippen LogP contribution in [0.25, 0.3) is 32.9 Å². The first-order chi connectivity index (χ1) is 26.6. The van der Waals surface area contributed by atoms with Crippen LogP contribution in [0, 0.1) is 5.82 Å². The molecule has 2 unspecified atom stereocenters. The fourth-order valence-electron chi connectivity index (χ4n) is 8.05. The highest BCUT2D eigenvalue weighted by Crippen LogP contribution is 2.40. The van der Waals surface area contributed by atoms with Gasteiger partial charge in [0.2, 0.25) is 0 Å². The molecule has 0 aliphatic carbocycles. The summed E-state index contributed by atoms with van der Waals surface area (Å²) in [5.74, 6) is 0.226. The largest absolute Gasteiger partial charge is 0.489 e. The molecule has 5 aromatic rings. The summed E-state index contributed by atoms with van der Waals surface area (Å²) in [5.41, 5.74) is 0.0266. The van der Waals surface area contributed by atoms with Crippen LogP contribution in [-0.2, 0) is 15.0 Å². The summed E-state index contributed by atoms with van der Waals surface area (Å²) in [7, 11) is -2.89. The Bertz CT molecular complexity index is 2420. The molecule has 12 nitrogen and oxygen atoms in total. The Hall–Kier alpha value is -4.86. The Morgan fingerprint density at radius 3 is 2.36 bits per heavy atom. The monoisotopic (exact) mass is 806 g/mol. The Balaban J connectivity index is 1.10. The number of piperazine rings is 1. The van der Waals surface area contributed by atoms with Crippen molar-refractivity contribution in [1.82, 2.24) is 24.8 Å². The molecule has 3 saturated heterocycles. The van der Waals surface area contributed by atoms with Gasteiger partial charge in [-0.05, 0) is 76.4 Å². The van der Waals surface area contributed by atoms with Gasteiger partial charge < -0.3 is 19.1 Å². The molecule has 5 heterocycles. The number of likely N-dealkylation sites (N-methyl/N-ethyl adjacent to an activating group) is 1. The van der Waals surface area contributed by atoms with E-state index in [4.69, 9.17) is 30.8 Å². The minimum Gasteiger partial charge on any atom is -0.489 e. The third-order valence-corrected chi connectivity index (χ3v) is 11.8. The fourth-order valence-corrected chi connectivity index (χ4v) is 8.79. The summed E-state index contributed by atoms with van der Waals surface area (Å²) in [6, 6.07) is 15.8. The lowest BCUT2D eigenvalue weighted by Gasteiger charge is -2.42. The number of benzene rings is 3. The lowest BCUT2D eigenvalue weighted by Crippen LogP contribution is -2.57. The van der Waals surface area contributed by atoms with E-state index >= 15 is 4.39 Å². The van der Waals surface area contributed by atoms with E-state index in [-0.39, 0.29) is 54.2 Å². The highest BCUT2D eigenvalue weighted by Gasteiger charge is 2.45. The molecule has 294 valence electrons. The predicted molar refractivity (Wildman–Crippen MR) is 208 cm³/mol. The highest BCUT2D eigenvalue weighted by atomic mass is 35.5. The molecule has 1 amide bonds. The molecule has 2 aromatic heterocycles. The Kier molecular flexibility index (Phi) is 9.90. The number of pyridine rings is 1. The molecule has 56 heavy (non-hydrogen) atoms. The first-order valence-corrected chi connectivity index (χ1v) is 20.2. The van der Waals surface area contributed by atoms with Crippen LogP contribution in [-0.4, -0.2) is 102 Å². The van der Waals surface area contributed by atoms with Crippen LogP contribution in [0.15, 0.2) is 71.8 Å². The van der Waals surface area contributed by atoms with Crippen molar-refractivity contribution in [3.05, 3.63) is 77.7 Å². The van der Waals surface area contributed by atoms with Crippen molar-refractivity contribution >= 4 is 55.4 Å². The van der Waals surface area contributed by atoms with Crippen LogP contribution in [0.5, 0.6) is 11.8 Å². The van der Waals surface area contributed by atoms with Gasteiger partial charge in [-0.15, -0.1) is 3.89 Å². The maximum atomic E-state index is 17.0. The minimum absolute atomic E-state index is 0.0118. The molecule has 3 aliphatic rings. The van der Waals surface area contributed by atoms with E-state index in [9.17, 15) is 17.1 Å². The number of anilines is 1. The van der Waals surface area contributed by atoms with Crippen LogP contribution >= 0.6 is 11.6 Å². The maximum Gasteiger partial charge on any atom is 0.410 e. The molecule has 4 atom stereocenters. The number of hydrogen-bond donors (Lipinski definition) is 0. The molecule has 3 aromatic carbocycles. The molecule has 8 rings (SSSR count). The van der Waals surface area contributed by atoms with Crippen LogP contribution in [0.1, 0.15) is 40.0 Å². The van der Waals surface area contributed by atoms with Crippen molar-refractivity contribution in [1.29, 1.82) is 0 Å². The summed E-state index contributed by atoms with van der Waals surface area (Å²) in [4.78, 5) is 32.9. The number of amides is 1. The number of ether oxygens (including phenoxy) is 3. The quantitative estimate of drug-likeness (QED) is 0.146. The number of carbonyl (C=O) groups excluding carboxylic acids is 1. The SMILES string of the molecule is CN1C[C@H](Oc2ccc(S(=O)(=O)F)cc2)C[C@H]1COc1nc(N2CC3CCC(C2)N3C(=O)OC(C)(C)C)c2cnc(-c3cccc4cccc(Cl)c34)c(F)c2n1. The van der Waals surface area contributed by atoms with Crippen molar-refractivity contribution in [3.8, 4) is 23.0 Å². The number of fused-ring (bicyclic) bond motifs is 4. The smallest absolute Gasteiger partial charge is 0.410 e. The second kappa shape index (κ2) is 14.6. The van der Waals surface area contributed by atoms with Gasteiger partial charge in [0.1, 0.15) is 41.1 Å². The number of hydrogen-bond acceptors (Lipinski definition) is 11. The molecule has 0 N–H and O–H groups in total. The second-order valence-electron chi connectivity index (χ2n) is 15.6. The van der Waals surface area contributed by atoms with Gasteiger partial charge in [-0.3, -0.25) is 14.8 Å². The number of rotatable bonds is 8. The maximum absolute atomic E-state index is 17.0. The summed E-state index contributed by atoms with van der Waals surface area (Å²) in [6.45, 7) is 7.15. The van der Waals surface area contributed by atoms with Crippen molar-refractivity contribution in [2.24, 2.45) is 0 Å². The second-order valence-corrected chi connectivity index (χ2v) is 17.4. The molecule has 2 bridgehead atoms. The topological polar surface area (TPSA) is 127 Å². The lowest BCUT2D eigenvalue weighted by molar-refractivity contribution is 0.0122. The average molecular weight is 807 g/mol. The fraction of sp³-hybridized carbons (Fsp3) is 0.400. The molecule has 16 heteroatoms. The van der Waals surface area contributed by atoms with Gasteiger partial charge in [-0.25, -0.2) is 9.18 Å². The number of aromatic nitrogens is 3. The van der Waals surface area contributed by atoms with E-state index < -0.39 is 26.5 Å². The number of carbonyl (C=O) groups is 1. The average Bonchev–Trinajstić information content (AvgIpc) is 3.63. The Morgan fingerprint density at radius 1 is 0.982 bits per heavy atom. The Morgan fingerprint density at radius 2 is 1.68 bits per heavy atom. The van der Waals surface area contributed by atoms with Gasteiger partial charge in [0.25, 0.3) is 0 Å². The predicted octanol–water partition coefficient (Wildman–Crippen LogP) is 7.41. The molecule has 0 saturated carbocycles. The van der Waals surface area contributed by atoms with E-state index in [2.05, 4.69) is 19.8 Å². The van der Waals surface area contributed by atoms with E-state index in [1.807, 2.05) is 57.0 Å². The van der Waals surface area contributed by atoms with Crippen molar-refractivity contribution in [2.45, 2.75) is 74.8 Å².